The molecule has 0 heterocycles. The topological polar surface area (TPSA) is 17.1 Å². The van der Waals surface area contributed by atoms with Gasteiger partial charge in [-0.2, -0.15) is 21.9 Å². The van der Waals surface area contributed by atoms with Crippen LogP contribution in [-0.2, 0) is 27.2 Å². The molecule has 0 amide bonds. The average molecular weight is 631 g/mol. The maximum atomic E-state index is 11.8. The number of hydrogen-bond acceptors (Lipinski definition) is 1. The van der Waals surface area contributed by atoms with Crippen LogP contribution in [0.1, 0.15) is 22.3 Å². The Kier molecular flexibility index (Phi) is 11.9. The number of benzene rings is 6. The third kappa shape index (κ3) is 8.70. The van der Waals surface area contributed by atoms with E-state index in [-0.39, 0.29) is 16.7 Å². The summed E-state index contributed by atoms with van der Waals surface area (Å²) in [5.41, 5.74) is 10.5. The fraction of sp³-hybridized carbons (Fsp3) is 0.114. The highest BCUT2D eigenvalue weighted by molar-refractivity contribution is 7.96. The standard InChI is InChI=1S/C24H20B.C20H23OS/c1-5-13-21(14-6-1)25(22-15-7-2-8-16-22,23-17-9-3-10-18-23)24-19-11-4-12-20-24;1-4-20(21)15-22(13-18-9-5-16(2)6-10-18)14-19-11-7-17(3)8-12-19/h1-20H;4-12H,1,13-15H2,2-3H3/q-1;+1. The van der Waals surface area contributed by atoms with Crippen molar-refractivity contribution in [1.29, 1.82) is 0 Å². The summed E-state index contributed by atoms with van der Waals surface area (Å²) in [5, 5.41) is 0. The van der Waals surface area contributed by atoms with Crippen LogP contribution in [0.3, 0.4) is 0 Å². The van der Waals surface area contributed by atoms with Crippen LogP contribution in [-0.4, -0.2) is 17.7 Å². The number of allylic oxidation sites excluding steroid dienone is 1. The SMILES string of the molecule is C=CC(=O)C[S+](Cc1ccc(C)cc1)Cc1ccc(C)cc1.c1ccc([B-](c2ccccc2)(c2ccccc2)c2ccccc2)cc1. The minimum atomic E-state index is -1.22. The molecular formula is C44H43BOS. The number of rotatable bonds is 11. The van der Waals surface area contributed by atoms with E-state index in [4.69, 9.17) is 0 Å². The lowest BCUT2D eigenvalue weighted by Gasteiger charge is -2.44. The van der Waals surface area contributed by atoms with Crippen molar-refractivity contribution in [3.8, 4) is 0 Å². The van der Waals surface area contributed by atoms with E-state index < -0.39 is 6.15 Å². The van der Waals surface area contributed by atoms with Crippen LogP contribution in [0.5, 0.6) is 0 Å². The summed E-state index contributed by atoms with van der Waals surface area (Å²) >= 11 is 0. The molecule has 0 radical (unpaired) electrons. The van der Waals surface area contributed by atoms with Gasteiger partial charge in [-0.3, -0.25) is 4.79 Å². The molecule has 0 spiro atoms. The van der Waals surface area contributed by atoms with Crippen molar-refractivity contribution in [2.75, 3.05) is 5.75 Å². The minimum absolute atomic E-state index is 0.00958. The number of carbonyl (C=O) groups is 1. The molecule has 0 unspecified atom stereocenters. The predicted octanol–water partition coefficient (Wildman–Crippen LogP) is 7.44. The van der Waals surface area contributed by atoms with Crippen molar-refractivity contribution in [1.82, 2.24) is 0 Å². The summed E-state index contributed by atoms with van der Waals surface area (Å²) < 4.78 is 0. The lowest BCUT2D eigenvalue weighted by molar-refractivity contribution is -0.112. The largest absolute Gasteiger partial charge is 0.290 e. The van der Waals surface area contributed by atoms with Gasteiger partial charge in [-0.25, -0.2) is 0 Å². The zero-order chi connectivity index (χ0) is 32.9. The maximum Gasteiger partial charge on any atom is 0.204 e. The van der Waals surface area contributed by atoms with Crippen molar-refractivity contribution in [2.24, 2.45) is 0 Å². The zero-order valence-corrected chi connectivity index (χ0v) is 28.3. The van der Waals surface area contributed by atoms with Crippen LogP contribution in [0.2, 0.25) is 0 Å². The Labute approximate surface area is 284 Å². The van der Waals surface area contributed by atoms with Gasteiger partial charge in [-0.1, -0.05) is 188 Å². The number of aryl methyl sites for hydroxylation is 2. The molecule has 0 saturated carbocycles. The van der Waals surface area contributed by atoms with E-state index in [1.165, 1.54) is 50.2 Å². The second-order valence-corrected chi connectivity index (χ2v) is 14.3. The molecule has 0 saturated heterocycles. The first-order valence-electron chi connectivity index (χ1n) is 16.3. The van der Waals surface area contributed by atoms with Crippen LogP contribution in [0.25, 0.3) is 0 Å². The molecule has 6 aromatic rings. The number of ketones is 1. The van der Waals surface area contributed by atoms with Crippen molar-refractivity contribution < 1.29 is 4.79 Å². The molecule has 0 fully saturated rings. The third-order valence-electron chi connectivity index (χ3n) is 8.76. The highest BCUT2D eigenvalue weighted by atomic mass is 32.2. The Balaban J connectivity index is 0.000000186. The second-order valence-electron chi connectivity index (χ2n) is 12.2. The van der Waals surface area contributed by atoms with Crippen LogP contribution in [0.4, 0.5) is 0 Å². The normalized spacial score (nSPS) is 11.0. The molecule has 6 aromatic carbocycles. The van der Waals surface area contributed by atoms with Crippen molar-refractivity contribution in [3.63, 3.8) is 0 Å². The molecule has 0 aliphatic rings. The Hall–Kier alpha value is -4.86. The van der Waals surface area contributed by atoms with Crippen molar-refractivity contribution >= 4 is 44.7 Å². The summed E-state index contributed by atoms with van der Waals surface area (Å²) in [4.78, 5) is 11.8. The Morgan fingerprint density at radius 3 is 1.09 bits per heavy atom. The first-order chi connectivity index (χ1) is 23.0. The van der Waals surface area contributed by atoms with Gasteiger partial charge < -0.3 is 0 Å². The van der Waals surface area contributed by atoms with E-state index in [1.807, 2.05) is 0 Å². The fourth-order valence-corrected chi connectivity index (χ4v) is 8.53. The van der Waals surface area contributed by atoms with Crippen LogP contribution in [0, 0.1) is 13.8 Å². The molecule has 0 aliphatic carbocycles. The molecule has 47 heavy (non-hydrogen) atoms. The molecule has 0 atom stereocenters. The van der Waals surface area contributed by atoms with E-state index in [2.05, 4.69) is 190 Å². The van der Waals surface area contributed by atoms with Crippen LogP contribution >= 0.6 is 0 Å². The van der Waals surface area contributed by atoms with Crippen molar-refractivity contribution in [3.05, 3.63) is 205 Å². The Bertz CT molecular complexity index is 1610. The molecule has 234 valence electrons. The summed E-state index contributed by atoms with van der Waals surface area (Å²) in [6.07, 6.45) is 0.233. The van der Waals surface area contributed by atoms with Gasteiger partial charge in [0.1, 0.15) is 17.7 Å². The molecule has 0 N–H and O–H groups in total. The van der Waals surface area contributed by atoms with Gasteiger partial charge in [0.25, 0.3) is 0 Å². The van der Waals surface area contributed by atoms with Crippen LogP contribution in [0.15, 0.2) is 183 Å². The molecule has 3 heteroatoms. The van der Waals surface area contributed by atoms with E-state index in [0.717, 1.165) is 11.5 Å². The lowest BCUT2D eigenvalue weighted by Crippen LogP contribution is -2.74. The maximum absolute atomic E-state index is 11.8. The van der Waals surface area contributed by atoms with Gasteiger partial charge in [-0.15, -0.1) is 0 Å². The Morgan fingerprint density at radius 2 is 0.809 bits per heavy atom. The van der Waals surface area contributed by atoms with E-state index in [1.54, 1.807) is 0 Å². The molecule has 0 aromatic heterocycles. The fourth-order valence-electron chi connectivity index (χ4n) is 6.37. The van der Waals surface area contributed by atoms with E-state index >= 15 is 0 Å². The van der Waals surface area contributed by atoms with Gasteiger partial charge in [0.05, 0.1) is 0 Å². The predicted molar refractivity (Wildman–Crippen MR) is 207 cm³/mol. The number of carbonyl (C=O) groups excluding carboxylic acids is 1. The highest BCUT2D eigenvalue weighted by Gasteiger charge is 2.31. The van der Waals surface area contributed by atoms with Gasteiger partial charge >= 0.3 is 0 Å². The monoisotopic (exact) mass is 630 g/mol. The summed E-state index contributed by atoms with van der Waals surface area (Å²) in [5.74, 6) is 2.63. The zero-order valence-electron chi connectivity index (χ0n) is 27.5. The molecule has 1 nitrogen and oxygen atoms in total. The average Bonchev–Trinajstić information content (AvgIpc) is 3.13. The Morgan fingerprint density at radius 1 is 0.511 bits per heavy atom. The van der Waals surface area contributed by atoms with Crippen molar-refractivity contribution in [2.45, 2.75) is 25.4 Å². The lowest BCUT2D eigenvalue weighted by atomic mass is 9.13. The molecular weight excluding hydrogens is 587 g/mol. The van der Waals surface area contributed by atoms with Crippen LogP contribution < -0.4 is 21.9 Å². The first kappa shape index (κ1) is 33.5. The van der Waals surface area contributed by atoms with E-state index in [9.17, 15) is 4.79 Å². The minimum Gasteiger partial charge on any atom is -0.290 e. The summed E-state index contributed by atoms with van der Waals surface area (Å²) in [6, 6.07) is 60.8. The quantitative estimate of drug-likeness (QED) is 0.0827. The third-order valence-corrected chi connectivity index (χ3v) is 10.9. The van der Waals surface area contributed by atoms with Gasteiger partial charge in [-0.05, 0) is 19.9 Å². The summed E-state index contributed by atoms with van der Waals surface area (Å²) in [6.45, 7) is 7.79. The van der Waals surface area contributed by atoms with Gasteiger partial charge in [0.2, 0.25) is 5.78 Å². The smallest absolute Gasteiger partial charge is 0.204 e. The van der Waals surface area contributed by atoms with Gasteiger partial charge in [0, 0.05) is 22.0 Å². The molecule has 0 bridgehead atoms. The molecule has 0 aliphatic heterocycles. The highest BCUT2D eigenvalue weighted by Crippen LogP contribution is 2.17. The first-order valence-corrected chi connectivity index (χ1v) is 18.0. The summed E-state index contributed by atoms with van der Waals surface area (Å²) in [7, 11) is 0.00958. The molecule has 6 rings (SSSR count). The second kappa shape index (κ2) is 16.6. The van der Waals surface area contributed by atoms with E-state index in [0.29, 0.717) is 5.75 Å². The van der Waals surface area contributed by atoms with Gasteiger partial charge in [0.15, 0.2) is 5.75 Å². The number of hydrogen-bond donors (Lipinski definition) is 0.